The van der Waals surface area contributed by atoms with E-state index < -0.39 is 10.8 Å². The van der Waals surface area contributed by atoms with E-state index in [-0.39, 0.29) is 23.2 Å². The van der Waals surface area contributed by atoms with Gasteiger partial charge in [0, 0.05) is 22.5 Å². The van der Waals surface area contributed by atoms with E-state index in [9.17, 15) is 14.9 Å². The maximum Gasteiger partial charge on any atom is 0.353 e. The summed E-state index contributed by atoms with van der Waals surface area (Å²) in [6.45, 7) is 0. The molecule has 0 spiro atoms. The second kappa shape index (κ2) is 8.00. The largest absolute Gasteiger partial charge is 0.384 e. The summed E-state index contributed by atoms with van der Waals surface area (Å²) in [4.78, 5) is 30.1. The molecule has 11 heteroatoms. The number of carbonyl (C=O) groups excluding carboxylic acids is 1. The number of hydrogen-bond donors (Lipinski definition) is 5. The van der Waals surface area contributed by atoms with Crippen LogP contribution in [0.5, 0.6) is 0 Å². The van der Waals surface area contributed by atoms with Crippen LogP contribution >= 0.6 is 0 Å². The van der Waals surface area contributed by atoms with Crippen molar-refractivity contribution in [3.8, 4) is 0 Å². The molecular weight excluding hydrogens is 376 g/mol. The Labute approximate surface area is 164 Å². The van der Waals surface area contributed by atoms with Gasteiger partial charge in [-0.05, 0) is 48.5 Å². The standard InChI is InChI=1S/C18H16N8O3/c19-15(20)10-1-5-12(6-2-10)24-17-14(26(28)29)18(23-9-22-17)25-13-7-3-11(4-8-13)16(21)27/h1-9H,(H3,19,20)(H2,21,27)(H2,22,23,24,25). The lowest BCUT2D eigenvalue weighted by atomic mass is 10.2. The van der Waals surface area contributed by atoms with E-state index in [2.05, 4.69) is 20.6 Å². The molecule has 11 nitrogen and oxygen atoms in total. The molecule has 7 N–H and O–H groups in total. The van der Waals surface area contributed by atoms with Gasteiger partial charge in [-0.3, -0.25) is 20.3 Å². The summed E-state index contributed by atoms with van der Waals surface area (Å²) in [6.07, 6.45) is 1.18. The van der Waals surface area contributed by atoms with Crippen molar-refractivity contribution in [1.29, 1.82) is 5.41 Å². The molecule has 146 valence electrons. The summed E-state index contributed by atoms with van der Waals surface area (Å²) in [6, 6.07) is 12.6. The minimum atomic E-state index is -0.605. The molecule has 0 bridgehead atoms. The topological polar surface area (TPSA) is 186 Å². The molecule has 0 saturated heterocycles. The van der Waals surface area contributed by atoms with Crippen molar-refractivity contribution in [2.45, 2.75) is 0 Å². The maximum absolute atomic E-state index is 11.6. The number of nitrogen functional groups attached to an aromatic ring is 1. The quantitative estimate of drug-likeness (QED) is 0.175. The molecule has 0 unspecified atom stereocenters. The third kappa shape index (κ3) is 4.42. The number of aromatic nitrogens is 2. The number of nitro groups is 1. The van der Waals surface area contributed by atoms with Crippen LogP contribution < -0.4 is 22.1 Å². The van der Waals surface area contributed by atoms with E-state index in [1.54, 1.807) is 36.4 Å². The Kier molecular flexibility index (Phi) is 5.30. The van der Waals surface area contributed by atoms with Crippen molar-refractivity contribution in [1.82, 2.24) is 9.97 Å². The highest BCUT2D eigenvalue weighted by Gasteiger charge is 2.23. The molecule has 1 heterocycles. The normalized spacial score (nSPS) is 10.2. The molecule has 0 radical (unpaired) electrons. The Morgan fingerprint density at radius 3 is 1.72 bits per heavy atom. The minimum Gasteiger partial charge on any atom is -0.384 e. The number of hydrogen-bond acceptors (Lipinski definition) is 8. The molecular formula is C18H16N8O3. The SMILES string of the molecule is N=C(N)c1ccc(Nc2ncnc(Nc3ccc(C(N)=O)cc3)c2[N+](=O)[O-])cc1. The van der Waals surface area contributed by atoms with Crippen LogP contribution in [-0.2, 0) is 0 Å². The van der Waals surface area contributed by atoms with Gasteiger partial charge in [-0.15, -0.1) is 0 Å². The van der Waals surface area contributed by atoms with E-state index in [0.717, 1.165) is 0 Å². The third-order valence-corrected chi connectivity index (χ3v) is 3.90. The summed E-state index contributed by atoms with van der Waals surface area (Å²) in [5.41, 5.74) is 12.1. The van der Waals surface area contributed by atoms with Gasteiger partial charge in [0.05, 0.1) is 4.92 Å². The van der Waals surface area contributed by atoms with Crippen molar-refractivity contribution in [2.24, 2.45) is 11.5 Å². The van der Waals surface area contributed by atoms with Crippen molar-refractivity contribution in [3.63, 3.8) is 0 Å². The fourth-order valence-corrected chi connectivity index (χ4v) is 2.46. The second-order valence-corrected chi connectivity index (χ2v) is 5.86. The Hall–Kier alpha value is -4.54. The molecule has 2 aromatic carbocycles. The lowest BCUT2D eigenvalue weighted by Crippen LogP contribution is -2.11. The summed E-state index contributed by atoms with van der Waals surface area (Å²) < 4.78 is 0. The summed E-state index contributed by atoms with van der Waals surface area (Å²) in [5, 5.41) is 24.8. The van der Waals surface area contributed by atoms with E-state index in [1.807, 2.05) is 0 Å². The predicted molar refractivity (Wildman–Crippen MR) is 108 cm³/mol. The first-order chi connectivity index (χ1) is 13.8. The zero-order valence-corrected chi connectivity index (χ0v) is 14.9. The van der Waals surface area contributed by atoms with Crippen molar-refractivity contribution in [3.05, 3.63) is 76.1 Å². The fourth-order valence-electron chi connectivity index (χ4n) is 2.46. The van der Waals surface area contributed by atoms with Crippen molar-refractivity contribution >= 4 is 40.4 Å². The zero-order valence-electron chi connectivity index (χ0n) is 14.9. The van der Waals surface area contributed by atoms with Gasteiger partial charge in [-0.1, -0.05) is 0 Å². The summed E-state index contributed by atoms with van der Waals surface area (Å²) in [5.74, 6) is -0.707. The molecule has 0 aliphatic carbocycles. The molecule has 3 rings (SSSR count). The number of nitrogens with zero attached hydrogens (tertiary/aromatic N) is 3. The average Bonchev–Trinajstić information content (AvgIpc) is 2.68. The first kappa shape index (κ1) is 19.2. The number of anilines is 4. The number of nitrogens with two attached hydrogens (primary N) is 2. The van der Waals surface area contributed by atoms with Crippen LogP contribution in [0.4, 0.5) is 28.7 Å². The third-order valence-electron chi connectivity index (χ3n) is 3.90. The van der Waals surface area contributed by atoms with E-state index >= 15 is 0 Å². The monoisotopic (exact) mass is 392 g/mol. The van der Waals surface area contributed by atoms with Gasteiger partial charge in [-0.25, -0.2) is 9.97 Å². The average molecular weight is 392 g/mol. The number of benzene rings is 2. The molecule has 0 saturated carbocycles. The number of carbonyl (C=O) groups is 1. The smallest absolute Gasteiger partial charge is 0.353 e. The summed E-state index contributed by atoms with van der Waals surface area (Å²) >= 11 is 0. The van der Waals surface area contributed by atoms with Gasteiger partial charge in [0.15, 0.2) is 0 Å². The van der Waals surface area contributed by atoms with Crippen LogP contribution in [0, 0.1) is 15.5 Å². The van der Waals surface area contributed by atoms with E-state index in [0.29, 0.717) is 22.5 Å². The van der Waals surface area contributed by atoms with Crippen LogP contribution in [-0.4, -0.2) is 26.6 Å². The number of nitrogens with one attached hydrogen (secondary N) is 3. The summed E-state index contributed by atoms with van der Waals surface area (Å²) in [7, 11) is 0. The molecule has 29 heavy (non-hydrogen) atoms. The number of amidine groups is 1. The first-order valence-corrected chi connectivity index (χ1v) is 8.23. The molecule has 0 atom stereocenters. The van der Waals surface area contributed by atoms with Gasteiger partial charge in [-0.2, -0.15) is 0 Å². The highest BCUT2D eigenvalue weighted by Crippen LogP contribution is 2.33. The molecule has 1 aromatic heterocycles. The molecule has 0 aliphatic heterocycles. The maximum atomic E-state index is 11.6. The number of amides is 1. The van der Waals surface area contributed by atoms with Crippen LogP contribution in [0.2, 0.25) is 0 Å². The van der Waals surface area contributed by atoms with Gasteiger partial charge < -0.3 is 22.1 Å². The predicted octanol–water partition coefficient (Wildman–Crippen LogP) is 2.25. The van der Waals surface area contributed by atoms with Gasteiger partial charge >= 0.3 is 5.69 Å². The van der Waals surface area contributed by atoms with Gasteiger partial charge in [0.1, 0.15) is 12.2 Å². The van der Waals surface area contributed by atoms with Crippen LogP contribution in [0.3, 0.4) is 0 Å². The van der Waals surface area contributed by atoms with Crippen molar-refractivity contribution < 1.29 is 9.72 Å². The van der Waals surface area contributed by atoms with Crippen LogP contribution in [0.1, 0.15) is 15.9 Å². The Balaban J connectivity index is 1.90. The van der Waals surface area contributed by atoms with Crippen LogP contribution in [0.15, 0.2) is 54.9 Å². The van der Waals surface area contributed by atoms with Gasteiger partial charge in [0.25, 0.3) is 0 Å². The Bertz CT molecular complexity index is 1000. The first-order valence-electron chi connectivity index (χ1n) is 8.23. The van der Waals surface area contributed by atoms with Crippen molar-refractivity contribution in [2.75, 3.05) is 10.6 Å². The fraction of sp³-hybridized carbons (Fsp3) is 0. The Morgan fingerprint density at radius 1 is 0.897 bits per heavy atom. The molecule has 3 aromatic rings. The zero-order chi connectivity index (χ0) is 21.0. The van der Waals surface area contributed by atoms with E-state index in [4.69, 9.17) is 16.9 Å². The molecule has 0 aliphatic rings. The lowest BCUT2D eigenvalue weighted by Gasteiger charge is -2.10. The minimum absolute atomic E-state index is 0.0168. The number of primary amides is 1. The highest BCUT2D eigenvalue weighted by molar-refractivity contribution is 5.95. The lowest BCUT2D eigenvalue weighted by molar-refractivity contribution is -0.383. The molecule has 0 fully saturated rings. The van der Waals surface area contributed by atoms with E-state index in [1.165, 1.54) is 18.5 Å². The highest BCUT2D eigenvalue weighted by atomic mass is 16.6. The van der Waals surface area contributed by atoms with Gasteiger partial charge in [0.2, 0.25) is 17.5 Å². The Morgan fingerprint density at radius 2 is 1.34 bits per heavy atom. The second-order valence-electron chi connectivity index (χ2n) is 5.86. The number of rotatable bonds is 7. The molecule has 1 amide bonds. The van der Waals surface area contributed by atoms with Crippen LogP contribution in [0.25, 0.3) is 0 Å².